The quantitative estimate of drug-likeness (QED) is 0.403. The first kappa shape index (κ1) is 18.4. The lowest BCUT2D eigenvalue weighted by molar-refractivity contribution is -0.134. The number of thioether (sulfide) groups is 1. The average molecular weight is 424 g/mol. The smallest absolute Gasteiger partial charge is 0.323 e. The van der Waals surface area contributed by atoms with Crippen molar-refractivity contribution in [3.8, 4) is 0 Å². The highest BCUT2D eigenvalue weighted by molar-refractivity contribution is 8.00. The number of nitrogens with zero attached hydrogens (tertiary/aromatic N) is 3. The lowest BCUT2D eigenvalue weighted by Crippen LogP contribution is -2.46. The molecule has 3 heterocycles. The van der Waals surface area contributed by atoms with Gasteiger partial charge in [-0.15, -0.1) is 21.5 Å². The lowest BCUT2D eigenvalue weighted by Gasteiger charge is -2.20. The van der Waals surface area contributed by atoms with Gasteiger partial charge in [0.2, 0.25) is 11.0 Å². The number of amides is 4. The minimum absolute atomic E-state index is 0.160. The molecule has 1 atom stereocenters. The fourth-order valence-corrected chi connectivity index (χ4v) is 5.49. The fourth-order valence-electron chi connectivity index (χ4n) is 2.95. The maximum absolute atomic E-state index is 12.5. The predicted octanol–water partition coefficient (Wildman–Crippen LogP) is 2.55. The minimum Gasteiger partial charge on any atom is -0.323 e. The first-order valence-electron chi connectivity index (χ1n) is 8.38. The summed E-state index contributed by atoms with van der Waals surface area (Å²) < 4.78 is 0.745. The van der Waals surface area contributed by atoms with Crippen LogP contribution in [0.25, 0.3) is 0 Å². The number of imide groups is 1. The molecule has 2 fully saturated rings. The standard InChI is InChI=1S/C16H17N5O3S3/c1-16(9-4-5-9)12(23)21(14(24)18-16)7-11(22)17-13-19-20-15(27-13)26-8-10-3-2-6-25-10/h2-3,6,9H,4-5,7-8H2,1H3,(H,18,24)(H,17,19,22)/t16-/m0/s1. The van der Waals surface area contributed by atoms with Crippen molar-refractivity contribution in [2.24, 2.45) is 5.92 Å². The lowest BCUT2D eigenvalue weighted by atomic mass is 9.96. The van der Waals surface area contributed by atoms with Gasteiger partial charge in [0.25, 0.3) is 5.91 Å². The number of hydrogen-bond acceptors (Lipinski definition) is 8. The van der Waals surface area contributed by atoms with E-state index in [-0.39, 0.29) is 18.4 Å². The van der Waals surface area contributed by atoms with Gasteiger partial charge in [-0.3, -0.25) is 19.8 Å². The Morgan fingerprint density at radius 1 is 1.44 bits per heavy atom. The second-order valence-corrected chi connectivity index (χ2v) is 9.82. The van der Waals surface area contributed by atoms with Crippen LogP contribution in [0.2, 0.25) is 0 Å². The van der Waals surface area contributed by atoms with E-state index in [2.05, 4.69) is 26.9 Å². The third-order valence-corrected chi connectivity index (χ3v) is 7.65. The third-order valence-electron chi connectivity index (χ3n) is 4.57. The number of rotatable bonds is 7. The SMILES string of the molecule is C[C@@]1(C2CC2)NC(=O)N(CC(=O)Nc2nnc(SCc3cccs3)s2)C1=O. The summed E-state index contributed by atoms with van der Waals surface area (Å²) >= 11 is 4.49. The molecule has 1 aliphatic heterocycles. The van der Waals surface area contributed by atoms with Crippen molar-refractivity contribution in [2.75, 3.05) is 11.9 Å². The monoisotopic (exact) mass is 423 g/mol. The van der Waals surface area contributed by atoms with Crippen LogP contribution in [0.3, 0.4) is 0 Å². The number of carbonyl (C=O) groups excluding carboxylic acids is 3. The zero-order chi connectivity index (χ0) is 19.0. The van der Waals surface area contributed by atoms with Crippen LogP contribution < -0.4 is 10.6 Å². The van der Waals surface area contributed by atoms with Gasteiger partial charge in [0.15, 0.2) is 4.34 Å². The van der Waals surface area contributed by atoms with E-state index in [4.69, 9.17) is 0 Å². The van der Waals surface area contributed by atoms with Crippen molar-refractivity contribution in [2.45, 2.75) is 35.4 Å². The minimum atomic E-state index is -0.883. The van der Waals surface area contributed by atoms with Crippen LogP contribution in [0.1, 0.15) is 24.6 Å². The highest BCUT2D eigenvalue weighted by Crippen LogP contribution is 2.42. The molecular formula is C16H17N5O3S3. The number of anilines is 1. The first-order chi connectivity index (χ1) is 13.0. The molecule has 2 N–H and O–H groups in total. The number of hydrogen-bond donors (Lipinski definition) is 2. The van der Waals surface area contributed by atoms with Crippen LogP contribution in [-0.2, 0) is 15.3 Å². The molecule has 1 aliphatic carbocycles. The van der Waals surface area contributed by atoms with Gasteiger partial charge in [-0.1, -0.05) is 29.2 Å². The van der Waals surface area contributed by atoms with Crippen molar-refractivity contribution >= 4 is 57.4 Å². The first-order valence-corrected chi connectivity index (χ1v) is 11.1. The van der Waals surface area contributed by atoms with Gasteiger partial charge in [-0.2, -0.15) is 0 Å². The van der Waals surface area contributed by atoms with E-state index in [1.165, 1.54) is 16.2 Å². The molecule has 2 aromatic heterocycles. The van der Waals surface area contributed by atoms with E-state index in [0.717, 1.165) is 27.8 Å². The molecule has 0 unspecified atom stereocenters. The predicted molar refractivity (Wildman–Crippen MR) is 104 cm³/mol. The third kappa shape index (κ3) is 3.85. The number of urea groups is 1. The molecule has 8 nitrogen and oxygen atoms in total. The van der Waals surface area contributed by atoms with E-state index in [9.17, 15) is 14.4 Å². The molecule has 142 valence electrons. The summed E-state index contributed by atoms with van der Waals surface area (Å²) in [6.45, 7) is 1.40. The van der Waals surface area contributed by atoms with Crippen molar-refractivity contribution in [1.82, 2.24) is 20.4 Å². The number of nitrogens with one attached hydrogen (secondary N) is 2. The molecule has 11 heteroatoms. The van der Waals surface area contributed by atoms with E-state index in [1.54, 1.807) is 30.0 Å². The molecule has 0 radical (unpaired) electrons. The van der Waals surface area contributed by atoms with Crippen LogP contribution in [0.15, 0.2) is 21.9 Å². The normalized spacial score (nSPS) is 22.2. The van der Waals surface area contributed by atoms with Crippen LogP contribution in [-0.4, -0.2) is 45.0 Å². The van der Waals surface area contributed by atoms with Crippen molar-refractivity contribution in [1.29, 1.82) is 0 Å². The average Bonchev–Trinajstić information content (AvgIpc) is 3.12. The van der Waals surface area contributed by atoms with Crippen LogP contribution >= 0.6 is 34.4 Å². The molecule has 1 saturated heterocycles. The molecule has 0 spiro atoms. The second kappa shape index (κ2) is 7.21. The molecule has 2 aliphatic rings. The van der Waals surface area contributed by atoms with Crippen molar-refractivity contribution in [3.05, 3.63) is 22.4 Å². The Morgan fingerprint density at radius 3 is 2.96 bits per heavy atom. The van der Waals surface area contributed by atoms with Gasteiger partial charge in [0.05, 0.1) is 0 Å². The summed E-state index contributed by atoms with van der Waals surface area (Å²) in [7, 11) is 0. The maximum atomic E-state index is 12.5. The van der Waals surface area contributed by atoms with Crippen LogP contribution in [0.4, 0.5) is 9.93 Å². The molecule has 27 heavy (non-hydrogen) atoms. The van der Waals surface area contributed by atoms with Gasteiger partial charge in [0, 0.05) is 10.6 Å². The zero-order valence-electron chi connectivity index (χ0n) is 14.4. The van der Waals surface area contributed by atoms with Gasteiger partial charge < -0.3 is 5.32 Å². The van der Waals surface area contributed by atoms with Crippen LogP contribution in [0, 0.1) is 5.92 Å². The summed E-state index contributed by atoms with van der Waals surface area (Å²) in [5.74, 6) is 0.148. The summed E-state index contributed by atoms with van der Waals surface area (Å²) in [5, 5.41) is 15.7. The van der Waals surface area contributed by atoms with E-state index in [0.29, 0.717) is 5.13 Å². The largest absolute Gasteiger partial charge is 0.325 e. The molecule has 1 saturated carbocycles. The molecular weight excluding hydrogens is 406 g/mol. The Kier molecular flexibility index (Phi) is 4.91. The van der Waals surface area contributed by atoms with Gasteiger partial charge >= 0.3 is 6.03 Å². The summed E-state index contributed by atoms with van der Waals surface area (Å²) in [6, 6.07) is 3.53. The Labute approximate surface area is 167 Å². The molecule has 4 rings (SSSR count). The molecule has 0 bridgehead atoms. The molecule has 4 amide bonds. The Hall–Kier alpha value is -1.98. The highest BCUT2D eigenvalue weighted by Gasteiger charge is 2.56. The Morgan fingerprint density at radius 2 is 2.26 bits per heavy atom. The van der Waals surface area contributed by atoms with Gasteiger partial charge in [-0.25, -0.2) is 4.79 Å². The van der Waals surface area contributed by atoms with E-state index >= 15 is 0 Å². The fraction of sp³-hybridized carbons (Fsp3) is 0.438. The summed E-state index contributed by atoms with van der Waals surface area (Å²) in [6.07, 6.45) is 1.83. The van der Waals surface area contributed by atoms with E-state index in [1.807, 2.05) is 11.4 Å². The number of carbonyl (C=O) groups is 3. The van der Waals surface area contributed by atoms with Crippen molar-refractivity contribution in [3.63, 3.8) is 0 Å². The second-order valence-electron chi connectivity index (χ2n) is 6.59. The van der Waals surface area contributed by atoms with Crippen molar-refractivity contribution < 1.29 is 14.4 Å². The Balaban J connectivity index is 1.32. The van der Waals surface area contributed by atoms with Crippen LogP contribution in [0.5, 0.6) is 0 Å². The molecule has 2 aromatic rings. The molecule has 0 aromatic carbocycles. The van der Waals surface area contributed by atoms with Gasteiger partial charge in [0.1, 0.15) is 12.1 Å². The topological polar surface area (TPSA) is 104 Å². The highest BCUT2D eigenvalue weighted by atomic mass is 32.2. The van der Waals surface area contributed by atoms with Gasteiger partial charge in [-0.05, 0) is 37.1 Å². The number of thiophene rings is 1. The Bertz CT molecular complexity index is 880. The number of aromatic nitrogens is 2. The zero-order valence-corrected chi connectivity index (χ0v) is 16.9. The maximum Gasteiger partial charge on any atom is 0.325 e. The summed E-state index contributed by atoms with van der Waals surface area (Å²) in [4.78, 5) is 39.1. The summed E-state index contributed by atoms with van der Waals surface area (Å²) in [5.41, 5.74) is -0.883. The van der Waals surface area contributed by atoms with E-state index < -0.39 is 17.5 Å².